The Morgan fingerprint density at radius 2 is 2.24 bits per heavy atom. The Morgan fingerprint density at radius 1 is 1.43 bits per heavy atom. The molecule has 0 saturated heterocycles. The van der Waals surface area contributed by atoms with Crippen LogP contribution in [0.25, 0.3) is 0 Å². The third-order valence-corrected chi connectivity index (χ3v) is 5.66. The van der Waals surface area contributed by atoms with Crippen molar-refractivity contribution in [2.75, 3.05) is 13.6 Å². The van der Waals surface area contributed by atoms with Crippen LogP contribution in [0.2, 0.25) is 0 Å². The fraction of sp³-hybridized carbons (Fsp3) is 0.500. The number of sulfonamides is 1. The zero-order chi connectivity index (χ0) is 15.0. The molecule has 9 heteroatoms. The van der Waals surface area contributed by atoms with Crippen molar-refractivity contribution in [3.8, 4) is 0 Å². The lowest BCUT2D eigenvalue weighted by Gasteiger charge is -2.27. The molecule has 0 bridgehead atoms. The summed E-state index contributed by atoms with van der Waals surface area (Å²) in [4.78, 5) is 4.48. The van der Waals surface area contributed by atoms with E-state index in [0.717, 1.165) is 5.82 Å². The van der Waals surface area contributed by atoms with Crippen LogP contribution in [0.1, 0.15) is 17.2 Å². The first-order valence-electron chi connectivity index (χ1n) is 6.72. The molecule has 8 nitrogen and oxygen atoms in total. The highest BCUT2D eigenvalue weighted by Crippen LogP contribution is 2.25. The molecular weight excluding hydrogens is 292 g/mol. The first kappa shape index (κ1) is 14.2. The van der Waals surface area contributed by atoms with Gasteiger partial charge in [-0.3, -0.25) is 5.10 Å². The number of aromatic nitrogens is 4. The molecule has 0 saturated carbocycles. The van der Waals surface area contributed by atoms with Gasteiger partial charge in [0.15, 0.2) is 0 Å². The Bertz CT molecular complexity index is 748. The number of imidazole rings is 1. The van der Waals surface area contributed by atoms with Gasteiger partial charge in [-0.15, -0.1) is 0 Å². The number of fused-ring (bicyclic) bond motifs is 1. The molecule has 0 atom stereocenters. The summed E-state index contributed by atoms with van der Waals surface area (Å²) < 4.78 is 29.2. The van der Waals surface area contributed by atoms with E-state index in [1.807, 2.05) is 10.8 Å². The molecule has 2 N–H and O–H groups in total. The molecule has 21 heavy (non-hydrogen) atoms. The quantitative estimate of drug-likeness (QED) is 0.818. The van der Waals surface area contributed by atoms with Crippen molar-refractivity contribution in [1.82, 2.24) is 29.4 Å². The second-order valence-electron chi connectivity index (χ2n) is 5.03. The van der Waals surface area contributed by atoms with Gasteiger partial charge in [0.05, 0.1) is 17.9 Å². The van der Waals surface area contributed by atoms with Crippen molar-refractivity contribution in [2.45, 2.75) is 31.5 Å². The minimum Gasteiger partial charge on any atom is -0.333 e. The van der Waals surface area contributed by atoms with Crippen LogP contribution in [0.15, 0.2) is 17.3 Å². The molecule has 2 aromatic rings. The van der Waals surface area contributed by atoms with Gasteiger partial charge in [0.2, 0.25) is 10.0 Å². The zero-order valence-electron chi connectivity index (χ0n) is 12.0. The molecule has 0 unspecified atom stereocenters. The largest absolute Gasteiger partial charge is 0.333 e. The molecule has 0 spiro atoms. The van der Waals surface area contributed by atoms with Crippen molar-refractivity contribution in [1.29, 1.82) is 0 Å². The Kier molecular flexibility index (Phi) is 3.56. The monoisotopic (exact) mass is 310 g/mol. The van der Waals surface area contributed by atoms with Crippen LogP contribution >= 0.6 is 0 Å². The van der Waals surface area contributed by atoms with Crippen LogP contribution in [0.5, 0.6) is 0 Å². The minimum atomic E-state index is -3.58. The first-order valence-corrected chi connectivity index (χ1v) is 8.16. The van der Waals surface area contributed by atoms with Gasteiger partial charge in [0, 0.05) is 32.0 Å². The number of H-pyrrole nitrogens is 1. The number of aryl methyl sites for hydroxylation is 1. The first-order chi connectivity index (χ1) is 10.0. The summed E-state index contributed by atoms with van der Waals surface area (Å²) in [5.74, 6) is 0.765. The van der Waals surface area contributed by atoms with E-state index in [2.05, 4.69) is 20.5 Å². The Balaban J connectivity index is 1.97. The molecule has 0 aliphatic carbocycles. The molecule has 3 rings (SSSR count). The van der Waals surface area contributed by atoms with Gasteiger partial charge in [-0.25, -0.2) is 13.4 Å². The van der Waals surface area contributed by atoms with E-state index >= 15 is 0 Å². The van der Waals surface area contributed by atoms with Crippen molar-refractivity contribution in [2.24, 2.45) is 0 Å². The van der Waals surface area contributed by atoms with E-state index < -0.39 is 10.0 Å². The lowest BCUT2D eigenvalue weighted by atomic mass is 10.4. The SMILES string of the molecule is CNCc1n[nH]c(C)c1S(=O)(=O)N1CCn2ccnc2C1. The van der Waals surface area contributed by atoms with Crippen LogP contribution in [0.3, 0.4) is 0 Å². The summed E-state index contributed by atoms with van der Waals surface area (Å²) in [6.07, 6.45) is 3.57. The van der Waals surface area contributed by atoms with Crippen molar-refractivity contribution in [3.63, 3.8) is 0 Å². The fourth-order valence-electron chi connectivity index (χ4n) is 2.58. The molecule has 0 radical (unpaired) electrons. The molecule has 0 amide bonds. The average Bonchev–Trinajstić information content (AvgIpc) is 3.05. The van der Waals surface area contributed by atoms with Crippen molar-refractivity contribution in [3.05, 3.63) is 29.6 Å². The second kappa shape index (κ2) is 5.24. The van der Waals surface area contributed by atoms with Gasteiger partial charge in [0.1, 0.15) is 10.7 Å². The molecule has 3 heterocycles. The molecule has 2 aromatic heterocycles. The van der Waals surface area contributed by atoms with E-state index in [1.165, 1.54) is 4.31 Å². The molecule has 1 aliphatic rings. The van der Waals surface area contributed by atoms with Gasteiger partial charge in [-0.2, -0.15) is 9.40 Å². The number of aromatic amines is 1. The maximum Gasteiger partial charge on any atom is 0.247 e. The van der Waals surface area contributed by atoms with Gasteiger partial charge in [-0.05, 0) is 14.0 Å². The summed E-state index contributed by atoms with van der Waals surface area (Å²) in [6.45, 7) is 3.48. The lowest BCUT2D eigenvalue weighted by Crippen LogP contribution is -2.38. The van der Waals surface area contributed by atoms with Crippen LogP contribution in [-0.4, -0.2) is 46.1 Å². The third kappa shape index (κ3) is 2.37. The predicted octanol–water partition coefficient (Wildman–Crippen LogP) is -0.161. The smallest absolute Gasteiger partial charge is 0.247 e. The van der Waals surface area contributed by atoms with Crippen LogP contribution in [0.4, 0.5) is 0 Å². The normalized spacial score (nSPS) is 16.1. The third-order valence-electron chi connectivity index (χ3n) is 3.61. The topological polar surface area (TPSA) is 95.9 Å². The van der Waals surface area contributed by atoms with Gasteiger partial charge in [-0.1, -0.05) is 0 Å². The van der Waals surface area contributed by atoms with Gasteiger partial charge < -0.3 is 9.88 Å². The number of hydrogen-bond donors (Lipinski definition) is 2. The Hall–Kier alpha value is -1.71. The number of hydrogen-bond acceptors (Lipinski definition) is 5. The summed E-state index contributed by atoms with van der Waals surface area (Å²) in [7, 11) is -1.81. The number of nitrogens with one attached hydrogen (secondary N) is 2. The minimum absolute atomic E-state index is 0.275. The number of rotatable bonds is 4. The van der Waals surface area contributed by atoms with Crippen LogP contribution in [0, 0.1) is 6.92 Å². The van der Waals surface area contributed by atoms with Crippen molar-refractivity contribution >= 4 is 10.0 Å². The van der Waals surface area contributed by atoms with E-state index in [9.17, 15) is 8.42 Å². The fourth-order valence-corrected chi connectivity index (χ4v) is 4.30. The summed E-state index contributed by atoms with van der Waals surface area (Å²) in [5, 5.41) is 9.79. The zero-order valence-corrected chi connectivity index (χ0v) is 12.8. The Labute approximate surface area is 123 Å². The standard InChI is InChI=1S/C12H18N6O2S/c1-9-12(10(7-13-2)16-15-9)21(19,20)18-6-5-17-4-3-14-11(17)8-18/h3-4,13H,5-8H2,1-2H3,(H,15,16). The van der Waals surface area contributed by atoms with Gasteiger partial charge >= 0.3 is 0 Å². The van der Waals surface area contributed by atoms with Crippen molar-refractivity contribution < 1.29 is 8.42 Å². The van der Waals surface area contributed by atoms with E-state index in [1.54, 1.807) is 20.2 Å². The molecule has 0 fully saturated rings. The summed E-state index contributed by atoms with van der Waals surface area (Å²) >= 11 is 0. The maximum absolute atomic E-state index is 12.9. The summed E-state index contributed by atoms with van der Waals surface area (Å²) in [6, 6.07) is 0. The number of nitrogens with zero attached hydrogens (tertiary/aromatic N) is 4. The highest BCUT2D eigenvalue weighted by molar-refractivity contribution is 7.89. The van der Waals surface area contributed by atoms with Crippen LogP contribution in [-0.2, 0) is 29.7 Å². The maximum atomic E-state index is 12.9. The summed E-state index contributed by atoms with van der Waals surface area (Å²) in [5.41, 5.74) is 1.08. The van der Waals surface area contributed by atoms with E-state index in [4.69, 9.17) is 0 Å². The molecule has 0 aromatic carbocycles. The van der Waals surface area contributed by atoms with Crippen LogP contribution < -0.4 is 5.32 Å². The predicted molar refractivity (Wildman–Crippen MR) is 75.9 cm³/mol. The molecule has 1 aliphatic heterocycles. The highest BCUT2D eigenvalue weighted by Gasteiger charge is 2.33. The molecular formula is C12H18N6O2S. The second-order valence-corrected chi connectivity index (χ2v) is 6.90. The van der Waals surface area contributed by atoms with E-state index in [-0.39, 0.29) is 4.90 Å². The Morgan fingerprint density at radius 3 is 3.00 bits per heavy atom. The highest BCUT2D eigenvalue weighted by atomic mass is 32.2. The lowest BCUT2D eigenvalue weighted by molar-refractivity contribution is 0.335. The average molecular weight is 310 g/mol. The van der Waals surface area contributed by atoms with E-state index in [0.29, 0.717) is 37.6 Å². The molecule has 114 valence electrons. The van der Waals surface area contributed by atoms with Gasteiger partial charge in [0.25, 0.3) is 0 Å².